The molecule has 5 nitrogen and oxygen atoms in total. The Balaban J connectivity index is 2.29. The number of hydrogen-bond donors (Lipinski definition) is 2. The van der Waals surface area contributed by atoms with E-state index < -0.39 is 5.97 Å². The van der Waals surface area contributed by atoms with Crippen molar-refractivity contribution in [3.05, 3.63) is 0 Å². The predicted octanol–water partition coefficient (Wildman–Crippen LogP) is 3.10. The number of nitrogens with zero attached hydrogens (tertiary/aromatic N) is 1. The number of carboxylic acid groups (broad SMARTS) is 1. The summed E-state index contributed by atoms with van der Waals surface area (Å²) in [6.45, 7) is 7.85. The second kappa shape index (κ2) is 8.90. The van der Waals surface area contributed by atoms with Crippen LogP contribution in [0.5, 0.6) is 0 Å². The first kappa shape index (κ1) is 17.8. The lowest BCUT2D eigenvalue weighted by molar-refractivity contribution is -0.137. The van der Waals surface area contributed by atoms with Gasteiger partial charge in [0.1, 0.15) is 0 Å². The van der Waals surface area contributed by atoms with Gasteiger partial charge >= 0.3 is 12.0 Å². The summed E-state index contributed by atoms with van der Waals surface area (Å²) in [7, 11) is 0. The van der Waals surface area contributed by atoms with E-state index in [1.807, 2.05) is 4.90 Å². The summed E-state index contributed by atoms with van der Waals surface area (Å²) >= 11 is 0. The Kier molecular flexibility index (Phi) is 7.54. The normalized spacial score (nSPS) is 23.1. The van der Waals surface area contributed by atoms with E-state index in [1.165, 1.54) is 0 Å². The van der Waals surface area contributed by atoms with E-state index in [4.69, 9.17) is 5.11 Å². The Morgan fingerprint density at radius 3 is 2.52 bits per heavy atom. The van der Waals surface area contributed by atoms with E-state index in [1.54, 1.807) is 0 Å². The minimum absolute atomic E-state index is 0.0281. The summed E-state index contributed by atoms with van der Waals surface area (Å²) in [5.41, 5.74) is 0. The first-order valence-corrected chi connectivity index (χ1v) is 8.20. The lowest BCUT2D eigenvalue weighted by atomic mass is 9.94. The van der Waals surface area contributed by atoms with Crippen LogP contribution in [0.2, 0.25) is 0 Å². The topological polar surface area (TPSA) is 69.6 Å². The molecule has 0 radical (unpaired) electrons. The van der Waals surface area contributed by atoms with Gasteiger partial charge in [-0.25, -0.2) is 4.79 Å². The van der Waals surface area contributed by atoms with Crippen molar-refractivity contribution >= 4 is 12.0 Å². The lowest BCUT2D eigenvalue weighted by Crippen LogP contribution is -2.42. The number of hydrogen-bond acceptors (Lipinski definition) is 2. The molecule has 0 aromatic rings. The SMILES string of the molecule is CCCC(CCNC(=O)N1CC(C)CC1C)CCC(=O)O. The predicted molar refractivity (Wildman–Crippen MR) is 83.2 cm³/mol. The standard InChI is InChI=1S/C16H30N2O3/c1-4-5-14(6-7-15(19)20)8-9-17-16(21)18-11-12(2)10-13(18)3/h12-14H,4-11H2,1-3H3,(H,17,21)(H,19,20). The van der Waals surface area contributed by atoms with Crippen molar-refractivity contribution in [1.82, 2.24) is 10.2 Å². The molecule has 2 N–H and O–H groups in total. The molecule has 1 heterocycles. The van der Waals surface area contributed by atoms with Gasteiger partial charge in [-0.15, -0.1) is 0 Å². The van der Waals surface area contributed by atoms with Crippen LogP contribution in [0.4, 0.5) is 4.79 Å². The van der Waals surface area contributed by atoms with E-state index >= 15 is 0 Å². The number of likely N-dealkylation sites (tertiary alicyclic amines) is 1. The molecule has 1 fully saturated rings. The number of nitrogens with one attached hydrogen (secondary N) is 1. The average molecular weight is 298 g/mol. The minimum atomic E-state index is -0.736. The molecule has 0 aromatic carbocycles. The molecule has 0 aliphatic carbocycles. The van der Waals surface area contributed by atoms with Gasteiger partial charge in [-0.05, 0) is 38.0 Å². The molecular weight excluding hydrogens is 268 g/mol. The Hall–Kier alpha value is -1.26. The van der Waals surface area contributed by atoms with Crippen LogP contribution in [-0.2, 0) is 4.79 Å². The van der Waals surface area contributed by atoms with Crippen molar-refractivity contribution in [1.29, 1.82) is 0 Å². The second-order valence-electron chi connectivity index (χ2n) is 6.45. The Morgan fingerprint density at radius 2 is 2.00 bits per heavy atom. The summed E-state index contributed by atoms with van der Waals surface area (Å²) in [6.07, 6.45) is 4.95. The third kappa shape index (κ3) is 6.36. The molecule has 3 unspecified atom stereocenters. The Morgan fingerprint density at radius 1 is 1.29 bits per heavy atom. The van der Waals surface area contributed by atoms with E-state index in [0.717, 1.165) is 32.2 Å². The summed E-state index contributed by atoms with van der Waals surface area (Å²) in [4.78, 5) is 24.7. The van der Waals surface area contributed by atoms with Gasteiger partial charge in [0.2, 0.25) is 0 Å². The maximum Gasteiger partial charge on any atom is 0.317 e. The highest BCUT2D eigenvalue weighted by Gasteiger charge is 2.29. The Labute approximate surface area is 128 Å². The fraction of sp³-hybridized carbons (Fsp3) is 0.875. The van der Waals surface area contributed by atoms with Crippen LogP contribution in [0.15, 0.2) is 0 Å². The highest BCUT2D eigenvalue weighted by molar-refractivity contribution is 5.74. The molecular formula is C16H30N2O3. The Bertz CT molecular complexity index is 346. The number of aliphatic carboxylic acids is 1. The van der Waals surface area contributed by atoms with Gasteiger partial charge in [-0.1, -0.05) is 26.7 Å². The summed E-state index contributed by atoms with van der Waals surface area (Å²) in [6, 6.07) is 0.346. The fourth-order valence-electron chi connectivity index (χ4n) is 3.24. The number of carbonyl (C=O) groups excluding carboxylic acids is 1. The van der Waals surface area contributed by atoms with Gasteiger partial charge in [-0.2, -0.15) is 0 Å². The zero-order chi connectivity index (χ0) is 15.8. The molecule has 2 amide bonds. The number of carbonyl (C=O) groups is 2. The molecule has 1 aliphatic heterocycles. The van der Waals surface area contributed by atoms with E-state index in [-0.39, 0.29) is 12.5 Å². The van der Waals surface area contributed by atoms with Gasteiger partial charge in [0.05, 0.1) is 0 Å². The molecule has 1 saturated heterocycles. The highest BCUT2D eigenvalue weighted by Crippen LogP contribution is 2.22. The van der Waals surface area contributed by atoms with Crippen LogP contribution < -0.4 is 5.32 Å². The summed E-state index contributed by atoms with van der Waals surface area (Å²) < 4.78 is 0. The van der Waals surface area contributed by atoms with Crippen molar-refractivity contribution < 1.29 is 14.7 Å². The van der Waals surface area contributed by atoms with Crippen molar-refractivity contribution in [2.24, 2.45) is 11.8 Å². The maximum absolute atomic E-state index is 12.1. The van der Waals surface area contributed by atoms with E-state index in [2.05, 4.69) is 26.1 Å². The molecule has 21 heavy (non-hydrogen) atoms. The third-order valence-electron chi connectivity index (χ3n) is 4.34. The van der Waals surface area contributed by atoms with Gasteiger partial charge < -0.3 is 15.3 Å². The van der Waals surface area contributed by atoms with Crippen molar-refractivity contribution in [2.45, 2.75) is 65.3 Å². The van der Waals surface area contributed by atoms with Crippen LogP contribution in [0, 0.1) is 11.8 Å². The van der Waals surface area contributed by atoms with E-state index in [0.29, 0.717) is 30.8 Å². The van der Waals surface area contributed by atoms with Gasteiger partial charge in [0.25, 0.3) is 0 Å². The minimum Gasteiger partial charge on any atom is -0.481 e. The number of urea groups is 1. The molecule has 5 heteroatoms. The smallest absolute Gasteiger partial charge is 0.317 e. The molecule has 0 spiro atoms. The lowest BCUT2D eigenvalue weighted by Gasteiger charge is -2.23. The quantitative estimate of drug-likeness (QED) is 0.723. The molecule has 1 aliphatic rings. The molecule has 0 aromatic heterocycles. The van der Waals surface area contributed by atoms with Crippen LogP contribution in [0.25, 0.3) is 0 Å². The third-order valence-corrected chi connectivity index (χ3v) is 4.34. The fourth-order valence-corrected chi connectivity index (χ4v) is 3.24. The van der Waals surface area contributed by atoms with Crippen molar-refractivity contribution in [2.75, 3.05) is 13.1 Å². The zero-order valence-corrected chi connectivity index (χ0v) is 13.6. The summed E-state index contributed by atoms with van der Waals surface area (Å²) in [5, 5.41) is 11.8. The molecule has 3 atom stereocenters. The van der Waals surface area contributed by atoms with Crippen LogP contribution >= 0.6 is 0 Å². The average Bonchev–Trinajstić information content (AvgIpc) is 2.74. The van der Waals surface area contributed by atoms with Crippen LogP contribution in [-0.4, -0.2) is 41.1 Å². The van der Waals surface area contributed by atoms with Gasteiger partial charge in [0, 0.05) is 25.6 Å². The first-order chi connectivity index (χ1) is 9.93. The highest BCUT2D eigenvalue weighted by atomic mass is 16.4. The van der Waals surface area contributed by atoms with Crippen molar-refractivity contribution in [3.63, 3.8) is 0 Å². The van der Waals surface area contributed by atoms with Gasteiger partial charge in [-0.3, -0.25) is 4.79 Å². The number of rotatable bonds is 8. The zero-order valence-electron chi connectivity index (χ0n) is 13.6. The first-order valence-electron chi connectivity index (χ1n) is 8.20. The van der Waals surface area contributed by atoms with Crippen LogP contribution in [0.1, 0.15) is 59.3 Å². The summed E-state index contributed by atoms with van der Waals surface area (Å²) in [5.74, 6) is 0.232. The largest absolute Gasteiger partial charge is 0.481 e. The van der Waals surface area contributed by atoms with E-state index in [9.17, 15) is 9.59 Å². The second-order valence-corrected chi connectivity index (χ2v) is 6.45. The molecule has 0 bridgehead atoms. The van der Waals surface area contributed by atoms with Crippen molar-refractivity contribution in [3.8, 4) is 0 Å². The van der Waals surface area contributed by atoms with Crippen LogP contribution in [0.3, 0.4) is 0 Å². The number of carboxylic acids is 1. The number of amides is 2. The van der Waals surface area contributed by atoms with Gasteiger partial charge in [0.15, 0.2) is 0 Å². The maximum atomic E-state index is 12.1. The molecule has 122 valence electrons. The molecule has 0 saturated carbocycles. The molecule has 1 rings (SSSR count). The monoisotopic (exact) mass is 298 g/mol.